The molecule has 0 aliphatic rings. The number of nitrogens with zero attached hydrogens (tertiary/aromatic N) is 2. The molecular formula is C17H19IN4. The predicted octanol–water partition coefficient (Wildman–Crippen LogP) is 3.67. The van der Waals surface area contributed by atoms with Crippen molar-refractivity contribution in [1.29, 1.82) is 5.26 Å². The molecule has 2 aromatic carbocycles. The number of anilines is 1. The van der Waals surface area contributed by atoms with Gasteiger partial charge in [-0.25, -0.2) is 4.99 Å². The van der Waals surface area contributed by atoms with Gasteiger partial charge in [0.15, 0.2) is 5.96 Å². The maximum atomic E-state index is 8.74. The Morgan fingerprint density at radius 2 is 1.68 bits per heavy atom. The number of benzene rings is 2. The highest BCUT2D eigenvalue weighted by Crippen LogP contribution is 2.10. The van der Waals surface area contributed by atoms with Crippen LogP contribution in [-0.2, 0) is 13.0 Å². The second-order valence-corrected chi connectivity index (χ2v) is 4.69. The van der Waals surface area contributed by atoms with Gasteiger partial charge in [0, 0.05) is 5.69 Å². The quantitative estimate of drug-likeness (QED) is 0.462. The number of aliphatic imine (C=N–C) groups is 1. The first-order chi connectivity index (χ1) is 10.2. The molecule has 5 heteroatoms. The van der Waals surface area contributed by atoms with E-state index in [0.717, 1.165) is 17.7 Å². The smallest absolute Gasteiger partial charge is 0.193 e. The Hall–Kier alpha value is -2.07. The Morgan fingerprint density at radius 3 is 2.23 bits per heavy atom. The van der Waals surface area contributed by atoms with Gasteiger partial charge < -0.3 is 11.1 Å². The van der Waals surface area contributed by atoms with Crippen LogP contribution in [0, 0.1) is 11.3 Å². The Labute approximate surface area is 148 Å². The minimum atomic E-state index is 0. The normalized spacial score (nSPS) is 10.5. The monoisotopic (exact) mass is 406 g/mol. The number of nitrogens with one attached hydrogen (secondary N) is 1. The zero-order chi connectivity index (χ0) is 15.1. The van der Waals surface area contributed by atoms with Crippen LogP contribution >= 0.6 is 24.0 Å². The SMILES string of the molecule is CCc1ccc(NC(N)=NCc2ccc(C#N)cc2)cc1.I. The number of aryl methyl sites for hydroxylation is 1. The highest BCUT2D eigenvalue weighted by atomic mass is 127. The summed E-state index contributed by atoms with van der Waals surface area (Å²) in [6.07, 6.45) is 1.02. The molecule has 0 atom stereocenters. The molecule has 3 N–H and O–H groups in total. The summed E-state index contributed by atoms with van der Waals surface area (Å²) in [6, 6.07) is 17.5. The van der Waals surface area contributed by atoms with Crippen LogP contribution in [0.15, 0.2) is 53.5 Å². The summed E-state index contributed by atoms with van der Waals surface area (Å²) in [7, 11) is 0. The van der Waals surface area contributed by atoms with Crippen molar-refractivity contribution in [2.24, 2.45) is 10.7 Å². The maximum absolute atomic E-state index is 8.74. The molecule has 4 nitrogen and oxygen atoms in total. The maximum Gasteiger partial charge on any atom is 0.193 e. The van der Waals surface area contributed by atoms with Crippen molar-refractivity contribution in [3.8, 4) is 6.07 Å². The highest BCUT2D eigenvalue weighted by Gasteiger charge is 1.97. The van der Waals surface area contributed by atoms with Crippen molar-refractivity contribution < 1.29 is 0 Å². The van der Waals surface area contributed by atoms with Crippen LogP contribution < -0.4 is 11.1 Å². The molecule has 0 amide bonds. The molecule has 22 heavy (non-hydrogen) atoms. The first-order valence-corrected chi connectivity index (χ1v) is 6.86. The van der Waals surface area contributed by atoms with E-state index in [4.69, 9.17) is 11.0 Å². The summed E-state index contributed by atoms with van der Waals surface area (Å²) in [5, 5.41) is 11.8. The van der Waals surface area contributed by atoms with Crippen LogP contribution in [0.2, 0.25) is 0 Å². The van der Waals surface area contributed by atoms with E-state index in [-0.39, 0.29) is 24.0 Å². The van der Waals surface area contributed by atoms with Gasteiger partial charge in [-0.05, 0) is 41.8 Å². The van der Waals surface area contributed by atoms with E-state index in [9.17, 15) is 0 Å². The van der Waals surface area contributed by atoms with E-state index in [1.165, 1.54) is 5.56 Å². The third-order valence-electron chi connectivity index (χ3n) is 3.15. The van der Waals surface area contributed by atoms with E-state index in [0.29, 0.717) is 18.1 Å². The Morgan fingerprint density at radius 1 is 1.09 bits per heavy atom. The summed E-state index contributed by atoms with van der Waals surface area (Å²) >= 11 is 0. The number of hydrogen-bond acceptors (Lipinski definition) is 2. The molecule has 0 bridgehead atoms. The lowest BCUT2D eigenvalue weighted by molar-refractivity contribution is 1.06. The number of hydrogen-bond donors (Lipinski definition) is 2. The number of halogens is 1. The average Bonchev–Trinajstić information content (AvgIpc) is 2.54. The highest BCUT2D eigenvalue weighted by molar-refractivity contribution is 14.0. The van der Waals surface area contributed by atoms with Crippen LogP contribution in [0.4, 0.5) is 5.69 Å². The molecule has 2 rings (SSSR count). The molecule has 0 aromatic heterocycles. The third kappa shape index (κ3) is 5.37. The Balaban J connectivity index is 0.00000242. The van der Waals surface area contributed by atoms with Crippen LogP contribution in [-0.4, -0.2) is 5.96 Å². The third-order valence-corrected chi connectivity index (χ3v) is 3.15. The molecule has 0 saturated heterocycles. The summed E-state index contributed by atoms with van der Waals surface area (Å²) in [6.45, 7) is 2.60. The van der Waals surface area contributed by atoms with Gasteiger partial charge in [-0.1, -0.05) is 31.2 Å². The number of rotatable bonds is 4. The van der Waals surface area contributed by atoms with E-state index < -0.39 is 0 Å². The minimum absolute atomic E-state index is 0. The van der Waals surface area contributed by atoms with Gasteiger partial charge in [0.05, 0.1) is 18.2 Å². The van der Waals surface area contributed by atoms with Crippen LogP contribution in [0.25, 0.3) is 0 Å². The van der Waals surface area contributed by atoms with Gasteiger partial charge in [0.25, 0.3) is 0 Å². The second-order valence-electron chi connectivity index (χ2n) is 4.69. The topological polar surface area (TPSA) is 74.2 Å². The molecule has 114 valence electrons. The van der Waals surface area contributed by atoms with Gasteiger partial charge in [-0.3, -0.25) is 0 Å². The lowest BCUT2D eigenvalue weighted by Gasteiger charge is -2.06. The van der Waals surface area contributed by atoms with Crippen molar-refractivity contribution in [3.63, 3.8) is 0 Å². The van der Waals surface area contributed by atoms with Crippen LogP contribution in [0.3, 0.4) is 0 Å². The van der Waals surface area contributed by atoms with Gasteiger partial charge in [-0.15, -0.1) is 24.0 Å². The van der Waals surface area contributed by atoms with Crippen molar-refractivity contribution >= 4 is 35.6 Å². The molecule has 0 saturated carbocycles. The van der Waals surface area contributed by atoms with Crippen molar-refractivity contribution in [3.05, 3.63) is 65.2 Å². The van der Waals surface area contributed by atoms with Crippen molar-refractivity contribution in [2.75, 3.05) is 5.32 Å². The predicted molar refractivity (Wildman–Crippen MR) is 101 cm³/mol. The molecule has 0 aliphatic carbocycles. The fraction of sp³-hybridized carbons (Fsp3) is 0.176. The van der Waals surface area contributed by atoms with E-state index in [1.807, 2.05) is 24.3 Å². The number of nitriles is 1. The van der Waals surface area contributed by atoms with Gasteiger partial charge in [0.2, 0.25) is 0 Å². The molecule has 0 spiro atoms. The second kappa shape index (κ2) is 9.05. The molecule has 2 aromatic rings. The fourth-order valence-corrected chi connectivity index (χ4v) is 1.87. The Bertz CT molecular complexity index is 655. The summed E-state index contributed by atoms with van der Waals surface area (Å²) in [5.74, 6) is 0.378. The molecule has 0 unspecified atom stereocenters. The molecular weight excluding hydrogens is 387 g/mol. The lowest BCUT2D eigenvalue weighted by Crippen LogP contribution is -2.22. The fourth-order valence-electron chi connectivity index (χ4n) is 1.87. The first-order valence-electron chi connectivity index (χ1n) is 6.86. The van der Waals surface area contributed by atoms with E-state index in [2.05, 4.69) is 35.4 Å². The molecule has 0 radical (unpaired) electrons. The van der Waals surface area contributed by atoms with Crippen molar-refractivity contribution in [2.45, 2.75) is 19.9 Å². The van der Waals surface area contributed by atoms with Crippen LogP contribution in [0.1, 0.15) is 23.6 Å². The lowest BCUT2D eigenvalue weighted by atomic mass is 10.1. The van der Waals surface area contributed by atoms with E-state index >= 15 is 0 Å². The van der Waals surface area contributed by atoms with E-state index in [1.54, 1.807) is 12.1 Å². The molecule has 0 fully saturated rings. The summed E-state index contributed by atoms with van der Waals surface area (Å²) in [4.78, 5) is 4.29. The number of guanidine groups is 1. The molecule has 0 heterocycles. The number of nitrogens with two attached hydrogens (primary N) is 1. The zero-order valence-electron chi connectivity index (χ0n) is 12.4. The summed E-state index contributed by atoms with van der Waals surface area (Å²) in [5.41, 5.74) is 9.73. The van der Waals surface area contributed by atoms with Crippen molar-refractivity contribution in [1.82, 2.24) is 0 Å². The minimum Gasteiger partial charge on any atom is -0.370 e. The zero-order valence-corrected chi connectivity index (χ0v) is 14.7. The van der Waals surface area contributed by atoms with Gasteiger partial charge >= 0.3 is 0 Å². The molecule has 0 aliphatic heterocycles. The first kappa shape index (κ1) is 18.0. The standard InChI is InChI=1S/C17H18N4.HI/c1-2-13-7-9-16(10-8-13)21-17(19)20-12-15-5-3-14(11-18)4-6-15;/h3-10H,2,12H2,1H3,(H3,19,20,21);1H. The summed E-state index contributed by atoms with van der Waals surface area (Å²) < 4.78 is 0. The van der Waals surface area contributed by atoms with Gasteiger partial charge in [-0.2, -0.15) is 5.26 Å². The van der Waals surface area contributed by atoms with Crippen LogP contribution in [0.5, 0.6) is 0 Å². The Kier molecular flexibility index (Phi) is 7.40. The largest absolute Gasteiger partial charge is 0.370 e. The van der Waals surface area contributed by atoms with Gasteiger partial charge in [0.1, 0.15) is 0 Å². The average molecular weight is 406 g/mol.